The average Bonchev–Trinajstić information content (AvgIpc) is 3.33. The van der Waals surface area contributed by atoms with Crippen LogP contribution in [-0.4, -0.2) is 3.21 Å². The molecule has 0 saturated heterocycles. The maximum Gasteiger partial charge on any atom is -1.00 e. The predicted molar refractivity (Wildman–Crippen MR) is 121 cm³/mol. The van der Waals surface area contributed by atoms with Crippen LogP contribution in [0.1, 0.15) is 58.1 Å². The fourth-order valence-electron chi connectivity index (χ4n) is 4.98. The molecule has 0 spiro atoms. The van der Waals surface area contributed by atoms with E-state index < -0.39 is 21.3 Å². The van der Waals surface area contributed by atoms with Crippen LogP contribution in [0, 0.1) is 13.8 Å². The topological polar surface area (TPSA) is 0 Å². The summed E-state index contributed by atoms with van der Waals surface area (Å²) in [7, 11) is 0. The third-order valence-corrected chi connectivity index (χ3v) is 15.7. The summed E-state index contributed by atoms with van der Waals surface area (Å²) in [4.78, 5) is 0. The van der Waals surface area contributed by atoms with Crippen LogP contribution in [0.2, 0.25) is 3.63 Å². The van der Waals surface area contributed by atoms with Gasteiger partial charge in [-0.2, -0.15) is 0 Å². The van der Waals surface area contributed by atoms with E-state index in [1.807, 2.05) is 3.21 Å². The Labute approximate surface area is 202 Å². The minimum Gasteiger partial charge on any atom is -1.00 e. The van der Waals surface area contributed by atoms with Gasteiger partial charge >= 0.3 is 178 Å². The predicted octanol–water partition coefficient (Wildman–Crippen LogP) is 1.43. The van der Waals surface area contributed by atoms with Crippen molar-refractivity contribution in [2.24, 2.45) is 0 Å². The smallest absolute Gasteiger partial charge is 1.00 e. The van der Waals surface area contributed by atoms with Gasteiger partial charge in [0.15, 0.2) is 0 Å². The van der Waals surface area contributed by atoms with Gasteiger partial charge in [0.25, 0.3) is 0 Å². The zero-order valence-electron chi connectivity index (χ0n) is 18.3. The van der Waals surface area contributed by atoms with Crippen molar-refractivity contribution in [3.05, 3.63) is 94.6 Å². The molecule has 156 valence electrons. The Kier molecular flexibility index (Phi) is 9.29. The van der Waals surface area contributed by atoms with Crippen molar-refractivity contribution in [3.8, 4) is 0 Å². The van der Waals surface area contributed by atoms with E-state index in [1.54, 1.807) is 11.1 Å². The second-order valence-corrected chi connectivity index (χ2v) is 15.1. The van der Waals surface area contributed by atoms with Crippen LogP contribution in [-0.2, 0) is 21.3 Å². The molecule has 1 unspecified atom stereocenters. The number of benzene rings is 2. The van der Waals surface area contributed by atoms with E-state index in [2.05, 4.69) is 101 Å². The van der Waals surface area contributed by atoms with Crippen molar-refractivity contribution >= 4 is 14.9 Å². The maximum atomic E-state index is 2.50. The van der Waals surface area contributed by atoms with E-state index in [0.717, 1.165) is 0 Å². The van der Waals surface area contributed by atoms with Crippen LogP contribution < -0.4 is 24.8 Å². The Balaban J connectivity index is 0.00000160. The first-order valence-electron chi connectivity index (χ1n) is 10.6. The fourth-order valence-corrected chi connectivity index (χ4v) is 14.6. The Morgan fingerprint density at radius 1 is 0.867 bits per heavy atom. The standard InChI is InChI=1S/C17H15.C5H5.C5H10.2ClH.Zr/c1-12-7-13(2)9-16(8-12)17-10-14-5-3-4-6-15(14)11-17;1-2-4-5-3-1;1-3-5-4-2;;;/h3-11H,1-2H3;1-5H;3-4H2,1-2H3;2*1H;/q;;;;;+2/p-2. The van der Waals surface area contributed by atoms with Crippen molar-refractivity contribution in [1.82, 2.24) is 0 Å². The number of halogens is 2. The molecule has 0 aliphatic heterocycles. The van der Waals surface area contributed by atoms with Crippen LogP contribution in [0.15, 0.2) is 66.8 Å². The van der Waals surface area contributed by atoms with Crippen molar-refractivity contribution in [2.75, 3.05) is 0 Å². The third kappa shape index (κ3) is 4.90. The molecule has 30 heavy (non-hydrogen) atoms. The average molecular weight is 517 g/mol. The molecule has 2 aromatic carbocycles. The third-order valence-electron chi connectivity index (χ3n) is 6.16. The molecule has 0 heterocycles. The molecular weight excluding hydrogens is 486 g/mol. The Morgan fingerprint density at radius 2 is 1.47 bits per heavy atom. The van der Waals surface area contributed by atoms with E-state index in [9.17, 15) is 0 Å². The molecule has 0 amide bonds. The summed E-state index contributed by atoms with van der Waals surface area (Å²) < 4.78 is 3.18. The van der Waals surface area contributed by atoms with Gasteiger partial charge in [-0.15, -0.1) is 0 Å². The number of rotatable bonds is 5. The zero-order chi connectivity index (χ0) is 19.7. The van der Waals surface area contributed by atoms with Crippen molar-refractivity contribution < 1.29 is 46.1 Å². The van der Waals surface area contributed by atoms with Gasteiger partial charge < -0.3 is 24.8 Å². The van der Waals surface area contributed by atoms with Gasteiger partial charge in [-0.25, -0.2) is 0 Å². The van der Waals surface area contributed by atoms with Gasteiger partial charge in [-0.1, -0.05) is 0 Å². The summed E-state index contributed by atoms with van der Waals surface area (Å²) in [5.41, 5.74) is 8.78. The van der Waals surface area contributed by atoms with Gasteiger partial charge in [0.2, 0.25) is 0 Å². The molecule has 1 atom stereocenters. The number of hydrogen-bond acceptors (Lipinski definition) is 0. The van der Waals surface area contributed by atoms with Crippen LogP contribution in [0.4, 0.5) is 0 Å². The van der Waals surface area contributed by atoms with E-state index in [-0.39, 0.29) is 24.8 Å². The molecule has 2 aromatic rings. The Bertz CT molecular complexity index is 989. The molecule has 4 rings (SSSR count). The van der Waals surface area contributed by atoms with Gasteiger partial charge in [-0.3, -0.25) is 0 Å². The molecule has 0 N–H and O–H groups in total. The van der Waals surface area contributed by atoms with Gasteiger partial charge in [0, 0.05) is 0 Å². The summed E-state index contributed by atoms with van der Waals surface area (Å²) in [6, 6.07) is 16.2. The normalized spacial score (nSPS) is 16.2. The first kappa shape index (κ1) is 25.3. The summed E-state index contributed by atoms with van der Waals surface area (Å²) in [6.45, 7) is 9.21. The van der Waals surface area contributed by atoms with Crippen molar-refractivity contribution in [2.45, 2.75) is 47.8 Å². The number of aryl methyl sites for hydroxylation is 2. The Morgan fingerprint density at radius 3 is 2.07 bits per heavy atom. The molecule has 0 aromatic heterocycles. The second-order valence-electron chi connectivity index (χ2n) is 8.10. The van der Waals surface area contributed by atoms with E-state index in [1.165, 1.54) is 35.1 Å². The number of allylic oxidation sites excluding steroid dienone is 5. The van der Waals surface area contributed by atoms with Crippen LogP contribution in [0.3, 0.4) is 0 Å². The second kappa shape index (κ2) is 11.0. The fraction of sp³-hybridized carbons (Fsp3) is 0.296. The van der Waals surface area contributed by atoms with E-state index >= 15 is 0 Å². The summed E-state index contributed by atoms with van der Waals surface area (Å²) in [5, 5.41) is 0. The first-order chi connectivity index (χ1) is 13.6. The molecule has 0 saturated carbocycles. The summed E-state index contributed by atoms with van der Waals surface area (Å²) in [6.07, 6.45) is 14.5. The summed E-state index contributed by atoms with van der Waals surface area (Å²) >= 11 is -2.02. The molecular formula is C27H30Cl2Zr. The van der Waals surface area contributed by atoms with Crippen molar-refractivity contribution in [3.63, 3.8) is 0 Å². The molecule has 3 heteroatoms. The quantitative estimate of drug-likeness (QED) is 0.564. The monoisotopic (exact) mass is 514 g/mol. The van der Waals surface area contributed by atoms with Crippen LogP contribution in [0.5, 0.6) is 0 Å². The minimum atomic E-state index is -2.02. The molecule has 2 aliphatic rings. The Hall–Kier alpha value is -1.01. The van der Waals surface area contributed by atoms with E-state index in [0.29, 0.717) is 7.25 Å². The van der Waals surface area contributed by atoms with E-state index in [4.69, 9.17) is 0 Å². The maximum absolute atomic E-state index is 2.50. The summed E-state index contributed by atoms with van der Waals surface area (Å²) in [5.74, 6) is 0. The van der Waals surface area contributed by atoms with Gasteiger partial charge in [0.1, 0.15) is 0 Å². The van der Waals surface area contributed by atoms with Gasteiger partial charge in [-0.05, 0) is 0 Å². The SMILES string of the molecule is CC[C](CC)=[Zr+2]([CH]1C=CC=C1)[CH]1C(c2cc(C)cc(C)c2)=Cc2ccccc21.[Cl-].[Cl-]. The van der Waals surface area contributed by atoms with Crippen molar-refractivity contribution in [1.29, 1.82) is 0 Å². The molecule has 0 fully saturated rings. The minimum absolute atomic E-state index is 0. The van der Waals surface area contributed by atoms with Crippen LogP contribution in [0.25, 0.3) is 11.6 Å². The molecule has 0 nitrogen and oxygen atoms in total. The van der Waals surface area contributed by atoms with Gasteiger partial charge in [0.05, 0.1) is 0 Å². The molecule has 0 radical (unpaired) electrons. The molecule has 2 aliphatic carbocycles. The largest absolute Gasteiger partial charge is 1.00 e. The molecule has 0 bridgehead atoms. The first-order valence-corrected chi connectivity index (χ1v) is 14.6. The van der Waals surface area contributed by atoms with Crippen LogP contribution >= 0.6 is 0 Å². The zero-order valence-corrected chi connectivity index (χ0v) is 22.2. The number of fused-ring (bicyclic) bond motifs is 1. The number of hydrogen-bond donors (Lipinski definition) is 0.